The van der Waals surface area contributed by atoms with Crippen LogP contribution in [0, 0.1) is 0 Å². The zero-order chi connectivity index (χ0) is 14.5. The number of nitrogens with one attached hydrogen (secondary N) is 1. The van der Waals surface area contributed by atoms with Crippen molar-refractivity contribution in [1.29, 1.82) is 0 Å². The second-order valence-corrected chi connectivity index (χ2v) is 4.23. The number of aromatic nitrogens is 1. The maximum atomic E-state index is 12.0. The molecule has 0 aliphatic carbocycles. The van der Waals surface area contributed by atoms with Crippen LogP contribution in [0.1, 0.15) is 33.2 Å². The van der Waals surface area contributed by atoms with Crippen LogP contribution < -0.4 is 5.32 Å². The number of carboxylic acids is 1. The number of anilines is 1. The van der Waals surface area contributed by atoms with Crippen LogP contribution in [0.15, 0.2) is 42.7 Å². The largest absolute Gasteiger partial charge is 0.478 e. The number of pyridine rings is 1. The number of rotatable bonds is 4. The van der Waals surface area contributed by atoms with E-state index in [4.69, 9.17) is 0 Å². The standard InChI is InChI=1S/C15H14N2O3/c1-2-10-3-4-13(12(9-10)15(19)20)17-14(18)11-5-7-16-8-6-11/h3-9H,2H2,1H3,(H,17,18)(H,19,20). The van der Waals surface area contributed by atoms with Crippen molar-refractivity contribution >= 4 is 17.6 Å². The summed E-state index contributed by atoms with van der Waals surface area (Å²) in [6.07, 6.45) is 3.75. The van der Waals surface area contributed by atoms with Crippen LogP contribution in [-0.4, -0.2) is 22.0 Å². The normalized spacial score (nSPS) is 10.1. The van der Waals surface area contributed by atoms with Crippen LogP contribution in [0.3, 0.4) is 0 Å². The summed E-state index contributed by atoms with van der Waals surface area (Å²) in [7, 11) is 0. The van der Waals surface area contributed by atoms with Crippen molar-refractivity contribution in [3.8, 4) is 0 Å². The minimum Gasteiger partial charge on any atom is -0.478 e. The molecule has 1 heterocycles. The summed E-state index contributed by atoms with van der Waals surface area (Å²) in [6, 6.07) is 8.12. The lowest BCUT2D eigenvalue weighted by atomic mass is 10.1. The zero-order valence-corrected chi connectivity index (χ0v) is 11.0. The van der Waals surface area contributed by atoms with Crippen molar-refractivity contribution in [3.05, 3.63) is 59.4 Å². The Morgan fingerprint density at radius 2 is 1.90 bits per heavy atom. The number of carboxylic acid groups (broad SMARTS) is 1. The molecule has 0 saturated carbocycles. The Bertz CT molecular complexity index is 639. The first kappa shape index (κ1) is 13.7. The lowest BCUT2D eigenvalue weighted by molar-refractivity contribution is 0.0698. The molecule has 2 aromatic rings. The number of hydrogen-bond donors (Lipinski definition) is 2. The van der Waals surface area contributed by atoms with E-state index in [9.17, 15) is 14.7 Å². The molecule has 0 fully saturated rings. The fourth-order valence-corrected chi connectivity index (χ4v) is 1.80. The third-order valence-corrected chi connectivity index (χ3v) is 2.91. The number of amides is 1. The number of carbonyl (C=O) groups is 2. The fourth-order valence-electron chi connectivity index (χ4n) is 1.80. The van der Waals surface area contributed by atoms with Gasteiger partial charge in [0, 0.05) is 18.0 Å². The molecular weight excluding hydrogens is 256 g/mol. The number of benzene rings is 1. The molecule has 0 unspecified atom stereocenters. The van der Waals surface area contributed by atoms with E-state index in [1.165, 1.54) is 12.4 Å². The predicted octanol–water partition coefficient (Wildman–Crippen LogP) is 2.59. The number of carbonyl (C=O) groups excluding carboxylic acids is 1. The summed E-state index contributed by atoms with van der Waals surface area (Å²) in [4.78, 5) is 27.1. The summed E-state index contributed by atoms with van der Waals surface area (Å²) in [5.41, 5.74) is 1.71. The maximum absolute atomic E-state index is 12.0. The van der Waals surface area contributed by atoms with E-state index in [1.54, 1.807) is 30.3 Å². The van der Waals surface area contributed by atoms with Gasteiger partial charge in [-0.3, -0.25) is 9.78 Å². The van der Waals surface area contributed by atoms with Gasteiger partial charge >= 0.3 is 5.97 Å². The molecule has 0 radical (unpaired) electrons. The predicted molar refractivity (Wildman–Crippen MR) is 75.0 cm³/mol. The molecule has 1 amide bonds. The Morgan fingerprint density at radius 1 is 1.20 bits per heavy atom. The molecule has 1 aromatic carbocycles. The van der Waals surface area contributed by atoms with Crippen LogP contribution in [-0.2, 0) is 6.42 Å². The Hall–Kier alpha value is -2.69. The number of aromatic carboxylic acids is 1. The molecule has 5 heteroatoms. The molecule has 1 aromatic heterocycles. The third kappa shape index (κ3) is 3.00. The topological polar surface area (TPSA) is 79.3 Å². The quantitative estimate of drug-likeness (QED) is 0.895. The summed E-state index contributed by atoms with van der Waals surface area (Å²) in [5.74, 6) is -1.43. The first-order valence-electron chi connectivity index (χ1n) is 6.19. The van der Waals surface area contributed by atoms with E-state index < -0.39 is 5.97 Å². The van der Waals surface area contributed by atoms with Crippen LogP contribution >= 0.6 is 0 Å². The molecule has 102 valence electrons. The van der Waals surface area contributed by atoms with E-state index in [-0.39, 0.29) is 17.2 Å². The lowest BCUT2D eigenvalue weighted by Crippen LogP contribution is -2.15. The van der Waals surface area contributed by atoms with Gasteiger partial charge in [-0.2, -0.15) is 0 Å². The highest BCUT2D eigenvalue weighted by Gasteiger charge is 2.14. The van der Waals surface area contributed by atoms with Gasteiger partial charge in [0.15, 0.2) is 0 Å². The van der Waals surface area contributed by atoms with Gasteiger partial charge in [-0.05, 0) is 36.2 Å². The zero-order valence-electron chi connectivity index (χ0n) is 11.0. The summed E-state index contributed by atoms with van der Waals surface area (Å²) < 4.78 is 0. The molecule has 0 saturated heterocycles. The molecular formula is C15H14N2O3. The van der Waals surface area contributed by atoms with Crippen molar-refractivity contribution in [3.63, 3.8) is 0 Å². The molecule has 0 aliphatic heterocycles. The van der Waals surface area contributed by atoms with E-state index in [1.807, 2.05) is 6.92 Å². The molecule has 0 bridgehead atoms. The van der Waals surface area contributed by atoms with Gasteiger partial charge in [0.05, 0.1) is 11.3 Å². The molecule has 5 nitrogen and oxygen atoms in total. The highest BCUT2D eigenvalue weighted by atomic mass is 16.4. The molecule has 2 rings (SSSR count). The number of aryl methyl sites for hydroxylation is 1. The third-order valence-electron chi connectivity index (χ3n) is 2.91. The van der Waals surface area contributed by atoms with Crippen molar-refractivity contribution in [1.82, 2.24) is 4.98 Å². The van der Waals surface area contributed by atoms with E-state index in [0.29, 0.717) is 5.56 Å². The Morgan fingerprint density at radius 3 is 2.50 bits per heavy atom. The smallest absolute Gasteiger partial charge is 0.337 e. The molecule has 0 atom stereocenters. The summed E-state index contributed by atoms with van der Waals surface area (Å²) >= 11 is 0. The van der Waals surface area contributed by atoms with Gasteiger partial charge in [0.25, 0.3) is 5.91 Å². The van der Waals surface area contributed by atoms with Crippen LogP contribution in [0.2, 0.25) is 0 Å². The molecule has 20 heavy (non-hydrogen) atoms. The Balaban J connectivity index is 2.29. The van der Waals surface area contributed by atoms with Crippen molar-refractivity contribution in [2.75, 3.05) is 5.32 Å². The minimum atomic E-state index is -1.06. The highest BCUT2D eigenvalue weighted by Crippen LogP contribution is 2.19. The van der Waals surface area contributed by atoms with Crippen LogP contribution in [0.25, 0.3) is 0 Å². The maximum Gasteiger partial charge on any atom is 0.337 e. The van der Waals surface area contributed by atoms with Crippen LogP contribution in [0.5, 0.6) is 0 Å². The van der Waals surface area contributed by atoms with Gasteiger partial charge in [0.2, 0.25) is 0 Å². The van der Waals surface area contributed by atoms with Gasteiger partial charge in [0.1, 0.15) is 0 Å². The van der Waals surface area contributed by atoms with E-state index in [0.717, 1.165) is 12.0 Å². The molecule has 0 spiro atoms. The first-order chi connectivity index (χ1) is 9.61. The molecule has 2 N–H and O–H groups in total. The number of nitrogens with zero attached hydrogens (tertiary/aromatic N) is 1. The van der Waals surface area contributed by atoms with E-state index >= 15 is 0 Å². The van der Waals surface area contributed by atoms with Gasteiger partial charge in [-0.15, -0.1) is 0 Å². The SMILES string of the molecule is CCc1ccc(NC(=O)c2ccncc2)c(C(=O)O)c1. The summed E-state index contributed by atoms with van der Waals surface area (Å²) in [5, 5.41) is 11.8. The Labute approximate surface area is 116 Å². The van der Waals surface area contributed by atoms with Gasteiger partial charge < -0.3 is 10.4 Å². The minimum absolute atomic E-state index is 0.0896. The summed E-state index contributed by atoms with van der Waals surface area (Å²) in [6.45, 7) is 1.94. The second-order valence-electron chi connectivity index (χ2n) is 4.23. The van der Waals surface area contributed by atoms with Crippen LogP contribution in [0.4, 0.5) is 5.69 Å². The van der Waals surface area contributed by atoms with Gasteiger partial charge in [-0.25, -0.2) is 4.79 Å². The lowest BCUT2D eigenvalue weighted by Gasteiger charge is -2.10. The monoisotopic (exact) mass is 270 g/mol. The van der Waals surface area contributed by atoms with Crippen molar-refractivity contribution < 1.29 is 14.7 Å². The van der Waals surface area contributed by atoms with Crippen molar-refractivity contribution in [2.45, 2.75) is 13.3 Å². The average Bonchev–Trinajstić information content (AvgIpc) is 2.48. The fraction of sp³-hybridized carbons (Fsp3) is 0.133. The average molecular weight is 270 g/mol. The first-order valence-corrected chi connectivity index (χ1v) is 6.19. The second kappa shape index (κ2) is 5.97. The number of hydrogen-bond acceptors (Lipinski definition) is 3. The highest BCUT2D eigenvalue weighted by molar-refractivity contribution is 6.07. The van der Waals surface area contributed by atoms with Gasteiger partial charge in [-0.1, -0.05) is 13.0 Å². The molecule has 0 aliphatic rings. The Kier molecular flexibility index (Phi) is 4.10. The van der Waals surface area contributed by atoms with E-state index in [2.05, 4.69) is 10.3 Å². The van der Waals surface area contributed by atoms with Crippen molar-refractivity contribution in [2.24, 2.45) is 0 Å².